The van der Waals surface area contributed by atoms with E-state index in [-0.39, 0.29) is 18.8 Å². The van der Waals surface area contributed by atoms with Crippen molar-refractivity contribution in [2.45, 2.75) is 13.2 Å². The Morgan fingerprint density at radius 1 is 1.25 bits per heavy atom. The summed E-state index contributed by atoms with van der Waals surface area (Å²) in [5.74, 6) is 0.555. The highest BCUT2D eigenvalue weighted by Crippen LogP contribution is 2.27. The summed E-state index contributed by atoms with van der Waals surface area (Å²) in [7, 11) is 0. The molecule has 1 aliphatic rings. The van der Waals surface area contributed by atoms with Crippen molar-refractivity contribution >= 4 is 11.8 Å². The number of carbonyl (C=O) groups excluding carboxylic acids is 1. The predicted octanol–water partition coefficient (Wildman–Crippen LogP) is 3.13. The molecule has 0 spiro atoms. The van der Waals surface area contributed by atoms with E-state index in [4.69, 9.17) is 9.47 Å². The Balaban J connectivity index is 1.69. The lowest BCUT2D eigenvalue weighted by molar-refractivity contribution is -0.384. The van der Waals surface area contributed by atoms with Gasteiger partial charge in [0.1, 0.15) is 19.0 Å². The lowest BCUT2D eigenvalue weighted by Gasteiger charge is -2.19. The SMILES string of the molecule is O=C(OCc1ccccc1)N1CCOc2ccc([N+](=O)[O-])cc2C1. The zero-order valence-electron chi connectivity index (χ0n) is 12.9. The fourth-order valence-electron chi connectivity index (χ4n) is 2.46. The van der Waals surface area contributed by atoms with Gasteiger partial charge in [0, 0.05) is 17.7 Å². The van der Waals surface area contributed by atoms with E-state index in [1.807, 2.05) is 30.3 Å². The van der Waals surface area contributed by atoms with Gasteiger partial charge in [0.2, 0.25) is 0 Å². The number of fused-ring (bicyclic) bond motifs is 1. The van der Waals surface area contributed by atoms with E-state index in [2.05, 4.69) is 0 Å². The molecule has 3 rings (SSSR count). The van der Waals surface area contributed by atoms with Crippen LogP contribution in [0.3, 0.4) is 0 Å². The predicted molar refractivity (Wildman–Crippen MR) is 85.6 cm³/mol. The molecule has 0 saturated heterocycles. The molecule has 7 nitrogen and oxygen atoms in total. The minimum absolute atomic E-state index is 0.0307. The van der Waals surface area contributed by atoms with E-state index in [1.165, 1.54) is 17.0 Å². The molecule has 7 heteroatoms. The third-order valence-electron chi connectivity index (χ3n) is 3.70. The first-order valence-electron chi connectivity index (χ1n) is 7.49. The van der Waals surface area contributed by atoms with Crippen molar-refractivity contribution in [3.63, 3.8) is 0 Å². The third kappa shape index (κ3) is 3.62. The van der Waals surface area contributed by atoms with E-state index in [0.29, 0.717) is 24.5 Å². The molecule has 1 heterocycles. The van der Waals surface area contributed by atoms with Gasteiger partial charge in [-0.15, -0.1) is 0 Å². The van der Waals surface area contributed by atoms with Crippen LogP contribution in [0, 0.1) is 10.1 Å². The third-order valence-corrected chi connectivity index (χ3v) is 3.70. The Hall–Kier alpha value is -3.09. The van der Waals surface area contributed by atoms with Gasteiger partial charge in [-0.05, 0) is 11.6 Å². The van der Waals surface area contributed by atoms with Crippen LogP contribution in [0.4, 0.5) is 10.5 Å². The molecule has 0 bridgehead atoms. The maximum absolute atomic E-state index is 12.3. The number of hydrogen-bond acceptors (Lipinski definition) is 5. The van der Waals surface area contributed by atoms with Gasteiger partial charge in [0.25, 0.3) is 5.69 Å². The Morgan fingerprint density at radius 2 is 2.04 bits per heavy atom. The lowest BCUT2D eigenvalue weighted by Crippen LogP contribution is -2.32. The van der Waals surface area contributed by atoms with Crippen molar-refractivity contribution in [1.82, 2.24) is 4.90 Å². The van der Waals surface area contributed by atoms with Crippen LogP contribution in [0.2, 0.25) is 0 Å². The molecule has 124 valence electrons. The van der Waals surface area contributed by atoms with Crippen LogP contribution in [-0.4, -0.2) is 29.1 Å². The average Bonchev–Trinajstić information content (AvgIpc) is 2.82. The number of amides is 1. The van der Waals surface area contributed by atoms with Crippen LogP contribution in [0.25, 0.3) is 0 Å². The summed E-state index contributed by atoms with van der Waals surface area (Å²) in [4.78, 5) is 24.2. The number of rotatable bonds is 3. The highest BCUT2D eigenvalue weighted by molar-refractivity contribution is 5.68. The monoisotopic (exact) mass is 328 g/mol. The first kappa shape index (κ1) is 15.8. The first-order chi connectivity index (χ1) is 11.6. The number of benzene rings is 2. The molecule has 2 aromatic rings. The number of nitro benzene ring substituents is 1. The number of nitro groups is 1. The minimum atomic E-state index is -0.471. The van der Waals surface area contributed by atoms with Crippen LogP contribution in [0.5, 0.6) is 5.75 Å². The Kier molecular flexibility index (Phi) is 4.60. The summed E-state index contributed by atoms with van der Waals surface area (Å²) in [6.07, 6.45) is -0.471. The van der Waals surface area contributed by atoms with Crippen molar-refractivity contribution in [3.8, 4) is 5.75 Å². The van der Waals surface area contributed by atoms with Crippen LogP contribution < -0.4 is 4.74 Å². The molecule has 2 aromatic carbocycles. The van der Waals surface area contributed by atoms with Crippen LogP contribution in [0.15, 0.2) is 48.5 Å². The fourth-order valence-corrected chi connectivity index (χ4v) is 2.46. The summed E-state index contributed by atoms with van der Waals surface area (Å²) in [5, 5.41) is 10.9. The summed E-state index contributed by atoms with van der Waals surface area (Å²) in [5.41, 5.74) is 1.46. The number of non-ortho nitro benzene ring substituents is 1. The van der Waals surface area contributed by atoms with Crippen LogP contribution >= 0.6 is 0 Å². The summed E-state index contributed by atoms with van der Waals surface area (Å²) >= 11 is 0. The highest BCUT2D eigenvalue weighted by atomic mass is 16.6. The van der Waals surface area contributed by atoms with Gasteiger partial charge in [0.05, 0.1) is 18.0 Å². The number of carbonyl (C=O) groups is 1. The second-order valence-electron chi connectivity index (χ2n) is 5.36. The molecular formula is C17H16N2O5. The molecule has 0 fully saturated rings. The second kappa shape index (κ2) is 6.99. The smallest absolute Gasteiger partial charge is 0.410 e. The van der Waals surface area contributed by atoms with Crippen molar-refractivity contribution in [2.24, 2.45) is 0 Å². The van der Waals surface area contributed by atoms with E-state index in [1.54, 1.807) is 6.07 Å². The molecule has 1 aliphatic heterocycles. The van der Waals surface area contributed by atoms with Gasteiger partial charge in [0.15, 0.2) is 0 Å². The summed E-state index contributed by atoms with van der Waals surface area (Å²) < 4.78 is 10.9. The largest absolute Gasteiger partial charge is 0.491 e. The second-order valence-corrected chi connectivity index (χ2v) is 5.36. The van der Waals surface area contributed by atoms with Gasteiger partial charge in [-0.2, -0.15) is 0 Å². The molecule has 0 saturated carbocycles. The van der Waals surface area contributed by atoms with Gasteiger partial charge in [-0.25, -0.2) is 4.79 Å². The molecule has 0 unspecified atom stereocenters. The van der Waals surface area contributed by atoms with Gasteiger partial charge >= 0.3 is 6.09 Å². The molecule has 0 radical (unpaired) electrons. The van der Waals surface area contributed by atoms with Crippen molar-refractivity contribution in [3.05, 3.63) is 69.8 Å². The summed E-state index contributed by atoms with van der Waals surface area (Å²) in [6.45, 7) is 1.06. The van der Waals surface area contributed by atoms with Gasteiger partial charge < -0.3 is 14.4 Å². The molecule has 0 aromatic heterocycles. The van der Waals surface area contributed by atoms with E-state index in [0.717, 1.165) is 5.56 Å². The van der Waals surface area contributed by atoms with Crippen molar-refractivity contribution in [1.29, 1.82) is 0 Å². The maximum Gasteiger partial charge on any atom is 0.410 e. The number of ether oxygens (including phenoxy) is 2. The molecular weight excluding hydrogens is 312 g/mol. The quantitative estimate of drug-likeness (QED) is 0.638. The zero-order chi connectivity index (χ0) is 16.9. The number of hydrogen-bond donors (Lipinski definition) is 0. The maximum atomic E-state index is 12.3. The molecule has 0 aliphatic carbocycles. The highest BCUT2D eigenvalue weighted by Gasteiger charge is 2.22. The minimum Gasteiger partial charge on any atom is -0.491 e. The Labute approximate surface area is 138 Å². The van der Waals surface area contributed by atoms with Crippen LogP contribution in [-0.2, 0) is 17.9 Å². The molecule has 0 N–H and O–H groups in total. The van der Waals surface area contributed by atoms with E-state index < -0.39 is 11.0 Å². The van der Waals surface area contributed by atoms with Gasteiger partial charge in [-0.3, -0.25) is 10.1 Å². The Bertz CT molecular complexity index is 748. The fraction of sp³-hybridized carbons (Fsp3) is 0.235. The molecule has 0 atom stereocenters. The van der Waals surface area contributed by atoms with E-state index in [9.17, 15) is 14.9 Å². The normalized spacial score (nSPS) is 13.4. The van der Waals surface area contributed by atoms with E-state index >= 15 is 0 Å². The van der Waals surface area contributed by atoms with Crippen molar-refractivity contribution < 1.29 is 19.2 Å². The standard InChI is InChI=1S/C17H16N2O5/c20-17(24-12-13-4-2-1-3-5-13)18-8-9-23-16-7-6-15(19(21)22)10-14(16)11-18/h1-7,10H,8-9,11-12H2. The topological polar surface area (TPSA) is 81.9 Å². The lowest BCUT2D eigenvalue weighted by atomic mass is 10.1. The summed E-state index contributed by atoms with van der Waals surface area (Å²) in [6, 6.07) is 13.8. The van der Waals surface area contributed by atoms with Crippen LogP contribution in [0.1, 0.15) is 11.1 Å². The van der Waals surface area contributed by atoms with Crippen molar-refractivity contribution in [2.75, 3.05) is 13.2 Å². The molecule has 24 heavy (non-hydrogen) atoms. The zero-order valence-corrected chi connectivity index (χ0v) is 12.9. The number of nitrogens with zero attached hydrogens (tertiary/aromatic N) is 2. The van der Waals surface area contributed by atoms with Gasteiger partial charge in [-0.1, -0.05) is 30.3 Å². The first-order valence-corrected chi connectivity index (χ1v) is 7.49. The molecule has 1 amide bonds. The average molecular weight is 328 g/mol. The Morgan fingerprint density at radius 3 is 2.79 bits per heavy atom.